The third-order valence-corrected chi connectivity index (χ3v) is 4.90. The Labute approximate surface area is 127 Å². The molecule has 0 radical (unpaired) electrons. The quantitative estimate of drug-likeness (QED) is 0.805. The molecular formula is C15H18ClF2N3. The first-order valence-electron chi connectivity index (χ1n) is 7.04. The van der Waals surface area contributed by atoms with Crippen molar-refractivity contribution in [3.8, 4) is 0 Å². The van der Waals surface area contributed by atoms with E-state index in [-0.39, 0.29) is 16.9 Å². The lowest BCUT2D eigenvalue weighted by molar-refractivity contribution is 0.0429. The van der Waals surface area contributed by atoms with Gasteiger partial charge < -0.3 is 9.47 Å². The molecule has 1 aromatic carbocycles. The Morgan fingerprint density at radius 2 is 2.05 bits per heavy atom. The van der Waals surface area contributed by atoms with Gasteiger partial charge in [-0.15, -0.1) is 11.6 Å². The summed E-state index contributed by atoms with van der Waals surface area (Å²) < 4.78 is 29.3. The van der Waals surface area contributed by atoms with Gasteiger partial charge in [-0.3, -0.25) is 0 Å². The highest BCUT2D eigenvalue weighted by Crippen LogP contribution is 2.39. The normalized spacial score (nSPS) is 17.4. The number of fused-ring (bicyclic) bond motifs is 1. The van der Waals surface area contributed by atoms with Crippen LogP contribution < -0.4 is 0 Å². The van der Waals surface area contributed by atoms with E-state index in [1.807, 2.05) is 18.7 Å². The Kier molecular flexibility index (Phi) is 3.66. The molecule has 0 N–H and O–H groups in total. The van der Waals surface area contributed by atoms with Crippen LogP contribution in [-0.4, -0.2) is 34.1 Å². The zero-order valence-corrected chi connectivity index (χ0v) is 12.9. The van der Waals surface area contributed by atoms with Gasteiger partial charge in [0.2, 0.25) is 0 Å². The molecule has 0 amide bonds. The van der Waals surface area contributed by atoms with Crippen LogP contribution in [-0.2, 0) is 12.4 Å². The molecule has 6 heteroatoms. The number of likely N-dealkylation sites (N-methyl/N-ethyl adjacent to an activating group) is 1. The van der Waals surface area contributed by atoms with Gasteiger partial charge in [0, 0.05) is 18.2 Å². The van der Waals surface area contributed by atoms with E-state index in [0.717, 1.165) is 18.9 Å². The lowest BCUT2D eigenvalue weighted by atomic mass is 9.75. The lowest BCUT2D eigenvalue weighted by Crippen LogP contribution is -2.53. The topological polar surface area (TPSA) is 21.1 Å². The van der Waals surface area contributed by atoms with Gasteiger partial charge in [-0.2, -0.15) is 0 Å². The summed E-state index contributed by atoms with van der Waals surface area (Å²) >= 11 is 5.95. The van der Waals surface area contributed by atoms with E-state index >= 15 is 0 Å². The number of nitrogens with zero attached hydrogens (tertiary/aromatic N) is 3. The highest BCUT2D eigenvalue weighted by molar-refractivity contribution is 6.16. The van der Waals surface area contributed by atoms with Crippen LogP contribution in [0.1, 0.15) is 25.1 Å². The summed E-state index contributed by atoms with van der Waals surface area (Å²) in [5.41, 5.74) is 0.702. The van der Waals surface area contributed by atoms with Gasteiger partial charge in [-0.1, -0.05) is 0 Å². The zero-order valence-electron chi connectivity index (χ0n) is 12.2. The number of aromatic nitrogens is 2. The molecule has 1 aliphatic carbocycles. The van der Waals surface area contributed by atoms with E-state index in [9.17, 15) is 8.78 Å². The first kappa shape index (κ1) is 14.7. The van der Waals surface area contributed by atoms with Crippen molar-refractivity contribution in [2.75, 3.05) is 14.1 Å². The third-order valence-electron chi connectivity index (χ3n) is 4.66. The van der Waals surface area contributed by atoms with Crippen LogP contribution in [0.25, 0.3) is 11.0 Å². The van der Waals surface area contributed by atoms with Crippen LogP contribution in [0.2, 0.25) is 0 Å². The molecule has 0 spiro atoms. The fraction of sp³-hybridized carbons (Fsp3) is 0.533. The van der Waals surface area contributed by atoms with Crippen LogP contribution >= 0.6 is 11.6 Å². The van der Waals surface area contributed by atoms with Crippen LogP contribution in [0.15, 0.2) is 12.1 Å². The molecule has 0 saturated heterocycles. The van der Waals surface area contributed by atoms with E-state index in [0.29, 0.717) is 17.9 Å². The van der Waals surface area contributed by atoms with Gasteiger partial charge in [0.25, 0.3) is 0 Å². The molecule has 0 atom stereocenters. The predicted octanol–water partition coefficient (Wildman–Crippen LogP) is 3.54. The van der Waals surface area contributed by atoms with Crippen LogP contribution in [0.4, 0.5) is 8.78 Å². The highest BCUT2D eigenvalue weighted by atomic mass is 35.5. The Morgan fingerprint density at radius 3 is 2.57 bits per heavy atom. The standard InChI is InChI=1S/C15H18ClF2N3/c1-20(2)15(4-3-5-15)9-21-12-7-10(17)6-11(18)14(12)19-13(21)8-16/h6-7H,3-5,8-9H2,1-2H3. The fourth-order valence-electron chi connectivity index (χ4n) is 3.10. The summed E-state index contributed by atoms with van der Waals surface area (Å²) in [5.74, 6) is -0.458. The zero-order chi connectivity index (χ0) is 15.2. The van der Waals surface area contributed by atoms with Gasteiger partial charge in [0.05, 0.1) is 11.4 Å². The van der Waals surface area contributed by atoms with Crippen molar-refractivity contribution >= 4 is 22.6 Å². The smallest absolute Gasteiger partial charge is 0.153 e. The number of halogens is 3. The average molecular weight is 314 g/mol. The van der Waals surface area contributed by atoms with Crippen molar-refractivity contribution in [2.45, 2.75) is 37.2 Å². The number of imidazole rings is 1. The highest BCUT2D eigenvalue weighted by Gasteiger charge is 2.40. The van der Waals surface area contributed by atoms with Crippen LogP contribution in [0, 0.1) is 11.6 Å². The number of alkyl halides is 1. The molecular weight excluding hydrogens is 296 g/mol. The average Bonchev–Trinajstić information content (AvgIpc) is 2.71. The van der Waals surface area contributed by atoms with Crippen LogP contribution in [0.5, 0.6) is 0 Å². The molecule has 114 valence electrons. The Morgan fingerprint density at radius 1 is 1.33 bits per heavy atom. The summed E-state index contributed by atoms with van der Waals surface area (Å²) in [6.45, 7) is 0.654. The molecule has 1 saturated carbocycles. The van der Waals surface area contributed by atoms with Gasteiger partial charge >= 0.3 is 0 Å². The minimum Gasteiger partial charge on any atom is -0.325 e. The molecule has 0 bridgehead atoms. The van der Waals surface area contributed by atoms with Gasteiger partial charge in [0.15, 0.2) is 5.82 Å². The summed E-state index contributed by atoms with van der Waals surface area (Å²) in [7, 11) is 4.08. The maximum atomic E-state index is 13.9. The van der Waals surface area contributed by atoms with E-state index in [1.54, 1.807) is 0 Å². The second-order valence-corrected chi connectivity index (χ2v) is 6.24. The lowest BCUT2D eigenvalue weighted by Gasteiger charge is -2.47. The SMILES string of the molecule is CN(C)C1(Cn2c(CCl)nc3c(F)cc(F)cc32)CCC1. The maximum Gasteiger partial charge on any atom is 0.153 e. The Hall–Kier alpha value is -1.20. The number of benzene rings is 1. The largest absolute Gasteiger partial charge is 0.325 e. The summed E-state index contributed by atoms with van der Waals surface area (Å²) in [6.07, 6.45) is 3.31. The fourth-order valence-corrected chi connectivity index (χ4v) is 3.31. The Bertz CT molecular complexity index is 677. The number of rotatable bonds is 4. The number of hydrogen-bond donors (Lipinski definition) is 0. The monoisotopic (exact) mass is 313 g/mol. The maximum absolute atomic E-state index is 13.9. The minimum atomic E-state index is -0.636. The molecule has 1 heterocycles. The molecule has 3 nitrogen and oxygen atoms in total. The molecule has 0 aliphatic heterocycles. The molecule has 3 rings (SSSR count). The first-order valence-corrected chi connectivity index (χ1v) is 7.58. The Balaban J connectivity index is 2.12. The first-order chi connectivity index (χ1) is 9.97. The third kappa shape index (κ3) is 2.32. The van der Waals surface area contributed by atoms with Gasteiger partial charge in [-0.05, 0) is 39.4 Å². The van der Waals surface area contributed by atoms with Crippen molar-refractivity contribution in [3.63, 3.8) is 0 Å². The van der Waals surface area contributed by atoms with Crippen molar-refractivity contribution in [1.82, 2.24) is 14.5 Å². The molecule has 1 aromatic heterocycles. The molecule has 0 unspecified atom stereocenters. The van der Waals surface area contributed by atoms with Crippen molar-refractivity contribution in [2.24, 2.45) is 0 Å². The molecule has 2 aromatic rings. The van der Waals surface area contributed by atoms with E-state index < -0.39 is 11.6 Å². The summed E-state index contributed by atoms with van der Waals surface area (Å²) in [5, 5.41) is 0. The van der Waals surface area contributed by atoms with Gasteiger partial charge in [0.1, 0.15) is 17.2 Å². The molecule has 21 heavy (non-hydrogen) atoms. The molecule has 1 fully saturated rings. The molecule has 1 aliphatic rings. The van der Waals surface area contributed by atoms with E-state index in [4.69, 9.17) is 11.6 Å². The van der Waals surface area contributed by atoms with Crippen molar-refractivity contribution in [1.29, 1.82) is 0 Å². The summed E-state index contributed by atoms with van der Waals surface area (Å²) in [6, 6.07) is 2.20. The van der Waals surface area contributed by atoms with E-state index in [1.165, 1.54) is 12.5 Å². The van der Waals surface area contributed by atoms with E-state index in [2.05, 4.69) is 9.88 Å². The predicted molar refractivity (Wildman–Crippen MR) is 79.5 cm³/mol. The van der Waals surface area contributed by atoms with Crippen molar-refractivity contribution in [3.05, 3.63) is 29.6 Å². The number of hydrogen-bond acceptors (Lipinski definition) is 2. The second kappa shape index (κ2) is 5.21. The van der Waals surface area contributed by atoms with Crippen molar-refractivity contribution < 1.29 is 8.78 Å². The second-order valence-electron chi connectivity index (χ2n) is 5.98. The van der Waals surface area contributed by atoms with Gasteiger partial charge in [-0.25, -0.2) is 13.8 Å². The summed E-state index contributed by atoms with van der Waals surface area (Å²) in [4.78, 5) is 6.44. The minimum absolute atomic E-state index is 0.0250. The van der Waals surface area contributed by atoms with Crippen LogP contribution in [0.3, 0.4) is 0 Å².